The number of amides is 2. The van der Waals surface area contributed by atoms with Gasteiger partial charge in [0, 0.05) is 38.4 Å². The highest BCUT2D eigenvalue weighted by Crippen LogP contribution is 2.08. The Labute approximate surface area is 116 Å². The monoisotopic (exact) mass is 279 g/mol. The van der Waals surface area contributed by atoms with Crippen LogP contribution in [0.2, 0.25) is 0 Å². The molecule has 108 valence electrons. The average molecular weight is 279 g/mol. The van der Waals surface area contributed by atoms with Crippen molar-refractivity contribution in [1.29, 1.82) is 0 Å². The first-order valence-corrected chi connectivity index (χ1v) is 6.51. The van der Waals surface area contributed by atoms with E-state index in [4.69, 9.17) is 4.74 Å². The quantitative estimate of drug-likeness (QED) is 0.843. The van der Waals surface area contributed by atoms with Crippen LogP contribution in [-0.2, 0) is 4.74 Å². The first kappa shape index (κ1) is 14.1. The van der Waals surface area contributed by atoms with E-state index >= 15 is 0 Å². The van der Waals surface area contributed by atoms with E-state index in [9.17, 15) is 14.4 Å². The smallest absolute Gasteiger partial charge is 0.409 e. The van der Waals surface area contributed by atoms with E-state index < -0.39 is 0 Å². The molecule has 20 heavy (non-hydrogen) atoms. The number of H-pyrrole nitrogens is 1. The van der Waals surface area contributed by atoms with Gasteiger partial charge < -0.3 is 19.5 Å². The number of nitrogens with zero attached hydrogens (tertiary/aromatic N) is 2. The molecular formula is C13H17N3O4. The fourth-order valence-electron chi connectivity index (χ4n) is 2.03. The van der Waals surface area contributed by atoms with Gasteiger partial charge in [0.2, 0.25) is 5.56 Å². The summed E-state index contributed by atoms with van der Waals surface area (Å²) in [7, 11) is 0. The van der Waals surface area contributed by atoms with Gasteiger partial charge in [0.25, 0.3) is 5.91 Å². The molecular weight excluding hydrogens is 262 g/mol. The van der Waals surface area contributed by atoms with Gasteiger partial charge in [-0.1, -0.05) is 0 Å². The van der Waals surface area contributed by atoms with Gasteiger partial charge in [0.1, 0.15) is 0 Å². The molecule has 0 aromatic carbocycles. The van der Waals surface area contributed by atoms with Gasteiger partial charge >= 0.3 is 6.09 Å². The number of aromatic nitrogens is 1. The van der Waals surface area contributed by atoms with Gasteiger partial charge in [-0.15, -0.1) is 0 Å². The van der Waals surface area contributed by atoms with Crippen LogP contribution in [0, 0.1) is 0 Å². The Bertz CT molecular complexity index is 526. The molecule has 1 aromatic heterocycles. The van der Waals surface area contributed by atoms with Crippen LogP contribution in [0.4, 0.5) is 4.79 Å². The maximum atomic E-state index is 12.2. The van der Waals surface area contributed by atoms with Gasteiger partial charge in [0.15, 0.2) is 0 Å². The molecule has 0 radical (unpaired) electrons. The number of hydrogen-bond acceptors (Lipinski definition) is 4. The summed E-state index contributed by atoms with van der Waals surface area (Å²) in [5.74, 6) is -0.148. The molecule has 0 atom stereocenters. The summed E-state index contributed by atoms with van der Waals surface area (Å²) >= 11 is 0. The second kappa shape index (κ2) is 6.23. The van der Waals surface area contributed by atoms with E-state index in [1.807, 2.05) is 0 Å². The molecule has 0 saturated carbocycles. The Hall–Kier alpha value is -2.31. The van der Waals surface area contributed by atoms with Crippen LogP contribution in [0.15, 0.2) is 23.1 Å². The fourth-order valence-corrected chi connectivity index (χ4v) is 2.03. The lowest BCUT2D eigenvalue weighted by atomic mass is 10.2. The van der Waals surface area contributed by atoms with Crippen LogP contribution in [0.25, 0.3) is 0 Å². The van der Waals surface area contributed by atoms with Crippen molar-refractivity contribution in [3.63, 3.8) is 0 Å². The van der Waals surface area contributed by atoms with Crippen LogP contribution in [0.1, 0.15) is 17.3 Å². The zero-order valence-electron chi connectivity index (χ0n) is 11.3. The van der Waals surface area contributed by atoms with E-state index in [1.54, 1.807) is 16.7 Å². The predicted octanol–water partition coefficient (Wildman–Crippen LogP) is 0.289. The summed E-state index contributed by atoms with van der Waals surface area (Å²) in [6.45, 7) is 3.92. The topological polar surface area (TPSA) is 82.7 Å². The molecule has 2 rings (SSSR count). The van der Waals surface area contributed by atoms with Crippen molar-refractivity contribution in [3.05, 3.63) is 34.2 Å². The van der Waals surface area contributed by atoms with Crippen LogP contribution < -0.4 is 5.56 Å². The Morgan fingerprint density at radius 1 is 1.20 bits per heavy atom. The number of pyridine rings is 1. The Morgan fingerprint density at radius 3 is 2.40 bits per heavy atom. The van der Waals surface area contributed by atoms with Crippen molar-refractivity contribution >= 4 is 12.0 Å². The van der Waals surface area contributed by atoms with Crippen LogP contribution in [-0.4, -0.2) is 59.6 Å². The molecule has 1 N–H and O–H groups in total. The molecule has 2 heterocycles. The molecule has 2 amide bonds. The first-order chi connectivity index (χ1) is 9.61. The standard InChI is InChI=1S/C13H17N3O4/c1-2-20-13(19)16-7-5-15(6-8-16)12(18)10-3-4-11(17)14-9-10/h3-4,9H,2,5-8H2,1H3,(H,14,17). The zero-order chi connectivity index (χ0) is 14.5. The third-order valence-corrected chi connectivity index (χ3v) is 3.12. The number of piperazine rings is 1. The van der Waals surface area contributed by atoms with Gasteiger partial charge in [0.05, 0.1) is 12.2 Å². The number of hydrogen-bond donors (Lipinski definition) is 1. The number of carbonyl (C=O) groups is 2. The van der Waals surface area contributed by atoms with Crippen molar-refractivity contribution < 1.29 is 14.3 Å². The largest absolute Gasteiger partial charge is 0.450 e. The summed E-state index contributed by atoms with van der Waals surface area (Å²) in [6.07, 6.45) is 1.06. The summed E-state index contributed by atoms with van der Waals surface area (Å²) in [5, 5.41) is 0. The molecule has 1 aromatic rings. The molecule has 0 bridgehead atoms. The lowest BCUT2D eigenvalue weighted by Gasteiger charge is -2.34. The summed E-state index contributed by atoms with van der Waals surface area (Å²) in [5.41, 5.74) is 0.197. The van der Waals surface area contributed by atoms with E-state index in [0.717, 1.165) is 0 Å². The highest BCUT2D eigenvalue weighted by molar-refractivity contribution is 5.94. The third kappa shape index (κ3) is 3.17. The molecule has 0 aliphatic carbocycles. The van der Waals surface area contributed by atoms with Crippen molar-refractivity contribution in [2.24, 2.45) is 0 Å². The minimum atomic E-state index is -0.344. The second-order valence-corrected chi connectivity index (χ2v) is 4.42. The lowest BCUT2D eigenvalue weighted by molar-refractivity contribution is 0.0570. The van der Waals surface area contributed by atoms with Gasteiger partial charge in [-0.3, -0.25) is 9.59 Å². The molecule has 1 aliphatic rings. The normalized spacial score (nSPS) is 15.1. The fraction of sp³-hybridized carbons (Fsp3) is 0.462. The minimum Gasteiger partial charge on any atom is -0.450 e. The minimum absolute atomic E-state index is 0.148. The van der Waals surface area contributed by atoms with Gasteiger partial charge in [-0.2, -0.15) is 0 Å². The number of carbonyl (C=O) groups excluding carboxylic acids is 2. The van der Waals surface area contributed by atoms with Gasteiger partial charge in [-0.05, 0) is 13.0 Å². The van der Waals surface area contributed by atoms with E-state index in [-0.39, 0.29) is 17.6 Å². The average Bonchev–Trinajstić information content (AvgIpc) is 2.48. The number of ether oxygens (including phenoxy) is 1. The molecule has 0 spiro atoms. The predicted molar refractivity (Wildman–Crippen MR) is 71.6 cm³/mol. The molecule has 1 fully saturated rings. The molecule has 7 heteroatoms. The van der Waals surface area contributed by atoms with Crippen molar-refractivity contribution in [1.82, 2.24) is 14.8 Å². The summed E-state index contributed by atoms with van der Waals surface area (Å²) in [4.78, 5) is 40.4. The van der Waals surface area contributed by atoms with Crippen LogP contribution >= 0.6 is 0 Å². The van der Waals surface area contributed by atoms with E-state index in [2.05, 4.69) is 4.98 Å². The van der Waals surface area contributed by atoms with E-state index in [0.29, 0.717) is 38.3 Å². The third-order valence-electron chi connectivity index (χ3n) is 3.12. The highest BCUT2D eigenvalue weighted by atomic mass is 16.6. The van der Waals surface area contributed by atoms with Crippen LogP contribution in [0.5, 0.6) is 0 Å². The molecule has 7 nitrogen and oxygen atoms in total. The van der Waals surface area contributed by atoms with Gasteiger partial charge in [-0.25, -0.2) is 4.79 Å². The number of nitrogens with one attached hydrogen (secondary N) is 1. The Kier molecular flexibility index (Phi) is 4.39. The Morgan fingerprint density at radius 2 is 1.85 bits per heavy atom. The molecule has 0 unspecified atom stereocenters. The maximum absolute atomic E-state index is 12.2. The Balaban J connectivity index is 1.93. The van der Waals surface area contributed by atoms with E-state index in [1.165, 1.54) is 18.3 Å². The second-order valence-electron chi connectivity index (χ2n) is 4.42. The highest BCUT2D eigenvalue weighted by Gasteiger charge is 2.25. The molecule has 1 aliphatic heterocycles. The van der Waals surface area contributed by atoms with Crippen molar-refractivity contribution in [3.8, 4) is 0 Å². The van der Waals surface area contributed by atoms with Crippen molar-refractivity contribution in [2.75, 3.05) is 32.8 Å². The summed E-state index contributed by atoms with van der Waals surface area (Å²) < 4.78 is 4.92. The number of rotatable bonds is 2. The SMILES string of the molecule is CCOC(=O)N1CCN(C(=O)c2ccc(=O)[nH]c2)CC1. The summed E-state index contributed by atoms with van der Waals surface area (Å²) in [6, 6.07) is 2.82. The number of aromatic amines is 1. The lowest BCUT2D eigenvalue weighted by Crippen LogP contribution is -2.50. The van der Waals surface area contributed by atoms with Crippen LogP contribution in [0.3, 0.4) is 0 Å². The first-order valence-electron chi connectivity index (χ1n) is 6.51. The molecule has 1 saturated heterocycles. The maximum Gasteiger partial charge on any atom is 0.409 e. The zero-order valence-corrected chi connectivity index (χ0v) is 11.3. The van der Waals surface area contributed by atoms with Crippen molar-refractivity contribution in [2.45, 2.75) is 6.92 Å².